The highest BCUT2D eigenvalue weighted by atomic mass is 16.1. The van der Waals surface area contributed by atoms with Crippen LogP contribution >= 0.6 is 0 Å². The van der Waals surface area contributed by atoms with Gasteiger partial charge in [-0.1, -0.05) is 0 Å². The van der Waals surface area contributed by atoms with Gasteiger partial charge in [-0.05, 0) is 18.2 Å². The Labute approximate surface area is 98.5 Å². The molecule has 17 heavy (non-hydrogen) atoms. The van der Waals surface area contributed by atoms with Crippen molar-refractivity contribution in [1.82, 2.24) is 14.8 Å². The van der Waals surface area contributed by atoms with Crippen molar-refractivity contribution >= 4 is 17.4 Å². The topological polar surface area (TPSA) is 85.8 Å². The van der Waals surface area contributed by atoms with Crippen LogP contribution in [0, 0.1) is 0 Å². The van der Waals surface area contributed by atoms with Gasteiger partial charge in [0.05, 0.1) is 11.9 Å². The van der Waals surface area contributed by atoms with Crippen LogP contribution in [0.4, 0.5) is 11.5 Å². The number of hydrogen-bond acceptors (Lipinski definition) is 4. The van der Waals surface area contributed by atoms with E-state index in [0.29, 0.717) is 24.5 Å². The van der Waals surface area contributed by atoms with Crippen molar-refractivity contribution in [3.63, 3.8) is 0 Å². The predicted octanol–water partition coefficient (Wildman–Crippen LogP) is 0.889. The summed E-state index contributed by atoms with van der Waals surface area (Å²) in [6, 6.07) is 5.18. The summed E-state index contributed by atoms with van der Waals surface area (Å²) in [4.78, 5) is 15.5. The summed E-state index contributed by atoms with van der Waals surface area (Å²) in [5, 5.41) is 6.75. The third kappa shape index (κ3) is 3.30. The van der Waals surface area contributed by atoms with E-state index in [1.165, 1.54) is 6.20 Å². The zero-order valence-corrected chi connectivity index (χ0v) is 9.21. The van der Waals surface area contributed by atoms with E-state index in [4.69, 9.17) is 5.73 Å². The van der Waals surface area contributed by atoms with Gasteiger partial charge in [-0.2, -0.15) is 5.10 Å². The predicted molar refractivity (Wildman–Crippen MR) is 64.1 cm³/mol. The molecule has 0 spiro atoms. The summed E-state index contributed by atoms with van der Waals surface area (Å²) in [7, 11) is 0. The lowest BCUT2D eigenvalue weighted by atomic mass is 10.3. The maximum atomic E-state index is 11.6. The quantitative estimate of drug-likeness (QED) is 0.818. The van der Waals surface area contributed by atoms with Gasteiger partial charge in [-0.3, -0.25) is 9.48 Å². The summed E-state index contributed by atoms with van der Waals surface area (Å²) < 4.78 is 1.71. The van der Waals surface area contributed by atoms with Crippen LogP contribution < -0.4 is 11.1 Å². The van der Waals surface area contributed by atoms with E-state index < -0.39 is 0 Å². The second-order valence-corrected chi connectivity index (χ2v) is 3.54. The third-order valence-electron chi connectivity index (χ3n) is 2.20. The van der Waals surface area contributed by atoms with Gasteiger partial charge in [0.15, 0.2) is 0 Å². The summed E-state index contributed by atoms with van der Waals surface area (Å²) in [5.41, 5.74) is 6.09. The number of rotatable bonds is 4. The second kappa shape index (κ2) is 5.11. The van der Waals surface area contributed by atoms with Gasteiger partial charge in [-0.15, -0.1) is 0 Å². The molecule has 0 saturated heterocycles. The smallest absolute Gasteiger partial charge is 0.226 e. The summed E-state index contributed by atoms with van der Waals surface area (Å²) >= 11 is 0. The molecular formula is C11H13N5O. The van der Waals surface area contributed by atoms with Crippen LogP contribution in [0.15, 0.2) is 36.8 Å². The molecule has 2 heterocycles. The normalized spacial score (nSPS) is 10.1. The number of nitrogens with two attached hydrogens (primary N) is 1. The number of aromatic nitrogens is 3. The number of anilines is 2. The van der Waals surface area contributed by atoms with E-state index >= 15 is 0 Å². The molecule has 0 radical (unpaired) electrons. The molecule has 0 fully saturated rings. The van der Waals surface area contributed by atoms with Crippen molar-refractivity contribution in [2.24, 2.45) is 0 Å². The lowest BCUT2D eigenvalue weighted by Crippen LogP contribution is -2.14. The lowest BCUT2D eigenvalue weighted by Gasteiger charge is -2.05. The minimum absolute atomic E-state index is 0.0768. The van der Waals surface area contributed by atoms with Gasteiger partial charge in [0, 0.05) is 25.4 Å². The molecule has 0 aromatic carbocycles. The van der Waals surface area contributed by atoms with Crippen molar-refractivity contribution in [3.8, 4) is 0 Å². The molecule has 2 aromatic rings. The maximum absolute atomic E-state index is 11.6. The van der Waals surface area contributed by atoms with Crippen molar-refractivity contribution in [2.45, 2.75) is 13.0 Å². The van der Waals surface area contributed by atoms with Crippen molar-refractivity contribution < 1.29 is 4.79 Å². The number of aryl methyl sites for hydroxylation is 1. The first-order valence-corrected chi connectivity index (χ1v) is 5.23. The molecule has 0 aliphatic rings. The molecule has 0 bridgehead atoms. The van der Waals surface area contributed by atoms with Crippen LogP contribution in [0.2, 0.25) is 0 Å². The van der Waals surface area contributed by atoms with Gasteiger partial charge < -0.3 is 11.1 Å². The van der Waals surface area contributed by atoms with Crippen molar-refractivity contribution in [3.05, 3.63) is 36.8 Å². The van der Waals surface area contributed by atoms with Gasteiger partial charge in [0.25, 0.3) is 0 Å². The highest BCUT2D eigenvalue weighted by Crippen LogP contribution is 2.07. The Balaban J connectivity index is 1.83. The number of amides is 1. The molecule has 0 aliphatic carbocycles. The number of pyridine rings is 1. The molecular weight excluding hydrogens is 218 g/mol. The SMILES string of the molecule is Nc1ccc(NC(=O)CCn2cccn2)cn1. The Morgan fingerprint density at radius 2 is 2.35 bits per heavy atom. The summed E-state index contributed by atoms with van der Waals surface area (Å²) in [5.74, 6) is 0.353. The Hall–Kier alpha value is -2.37. The Kier molecular flexibility index (Phi) is 3.34. The molecule has 0 saturated carbocycles. The first-order chi connectivity index (χ1) is 8.24. The average Bonchev–Trinajstić information content (AvgIpc) is 2.83. The van der Waals surface area contributed by atoms with Crippen LogP contribution in [0.1, 0.15) is 6.42 Å². The summed E-state index contributed by atoms with van der Waals surface area (Å²) in [6.07, 6.45) is 5.40. The molecule has 6 heteroatoms. The Bertz CT molecular complexity index is 477. The van der Waals surface area contributed by atoms with Crippen molar-refractivity contribution in [1.29, 1.82) is 0 Å². The lowest BCUT2D eigenvalue weighted by molar-refractivity contribution is -0.116. The first kappa shape index (κ1) is 11.1. The average molecular weight is 231 g/mol. The van der Waals surface area contributed by atoms with E-state index in [1.807, 2.05) is 12.3 Å². The molecule has 1 amide bonds. The van der Waals surface area contributed by atoms with E-state index in [0.717, 1.165) is 0 Å². The molecule has 2 aromatic heterocycles. The number of nitrogens with one attached hydrogen (secondary N) is 1. The van der Waals surface area contributed by atoms with E-state index in [2.05, 4.69) is 15.4 Å². The first-order valence-electron chi connectivity index (χ1n) is 5.23. The zero-order chi connectivity index (χ0) is 12.1. The molecule has 2 rings (SSSR count). The highest BCUT2D eigenvalue weighted by molar-refractivity contribution is 5.90. The summed E-state index contributed by atoms with van der Waals surface area (Å²) in [6.45, 7) is 0.557. The van der Waals surface area contributed by atoms with Gasteiger partial charge in [0.2, 0.25) is 5.91 Å². The molecule has 0 aliphatic heterocycles. The van der Waals surface area contributed by atoms with Crippen LogP contribution in [0.5, 0.6) is 0 Å². The minimum atomic E-state index is -0.0768. The maximum Gasteiger partial charge on any atom is 0.226 e. The Morgan fingerprint density at radius 1 is 1.47 bits per heavy atom. The molecule has 0 unspecified atom stereocenters. The third-order valence-corrected chi connectivity index (χ3v) is 2.20. The van der Waals surface area contributed by atoms with E-state index in [9.17, 15) is 4.79 Å². The second-order valence-electron chi connectivity index (χ2n) is 3.54. The van der Waals surface area contributed by atoms with Crippen LogP contribution in [0.3, 0.4) is 0 Å². The number of nitrogen functional groups attached to an aromatic ring is 1. The molecule has 88 valence electrons. The number of nitrogens with zero attached hydrogens (tertiary/aromatic N) is 3. The number of hydrogen-bond donors (Lipinski definition) is 2. The van der Waals surface area contributed by atoms with Gasteiger partial charge >= 0.3 is 0 Å². The standard InChI is InChI=1S/C11H13N5O/c12-10-3-2-9(8-13-10)15-11(17)4-7-16-6-1-5-14-16/h1-3,5-6,8H,4,7H2,(H2,12,13)(H,15,17). The van der Waals surface area contributed by atoms with Crippen molar-refractivity contribution in [2.75, 3.05) is 11.1 Å². The molecule has 6 nitrogen and oxygen atoms in total. The highest BCUT2D eigenvalue weighted by Gasteiger charge is 2.03. The molecule has 3 N–H and O–H groups in total. The zero-order valence-electron chi connectivity index (χ0n) is 9.21. The van der Waals surface area contributed by atoms with Gasteiger partial charge in [0.1, 0.15) is 5.82 Å². The minimum Gasteiger partial charge on any atom is -0.384 e. The fourth-order valence-electron chi connectivity index (χ4n) is 1.35. The van der Waals surface area contributed by atoms with Crippen LogP contribution in [-0.2, 0) is 11.3 Å². The fraction of sp³-hybridized carbons (Fsp3) is 0.182. The molecule has 0 atom stereocenters. The number of carbonyl (C=O) groups is 1. The number of carbonyl (C=O) groups excluding carboxylic acids is 1. The fourth-order valence-corrected chi connectivity index (χ4v) is 1.35. The Morgan fingerprint density at radius 3 is 3.00 bits per heavy atom. The monoisotopic (exact) mass is 231 g/mol. The van der Waals surface area contributed by atoms with E-state index in [-0.39, 0.29) is 5.91 Å². The van der Waals surface area contributed by atoms with Crippen LogP contribution in [-0.4, -0.2) is 20.7 Å². The van der Waals surface area contributed by atoms with Gasteiger partial charge in [-0.25, -0.2) is 4.98 Å². The largest absolute Gasteiger partial charge is 0.384 e. The van der Waals surface area contributed by atoms with Crippen LogP contribution in [0.25, 0.3) is 0 Å². The van der Waals surface area contributed by atoms with E-state index in [1.54, 1.807) is 23.0 Å².